The number of para-hydroxylation sites is 1. The minimum Gasteiger partial charge on any atom is -0.259 e. The molecular weight excluding hydrogens is 268 g/mol. The van der Waals surface area contributed by atoms with Crippen LogP contribution in [-0.2, 0) is 0 Å². The smallest absolute Gasteiger partial charge is 0.155 e. The van der Waals surface area contributed by atoms with Gasteiger partial charge in [0.2, 0.25) is 0 Å². The van der Waals surface area contributed by atoms with E-state index in [1.54, 1.807) is 11.3 Å². The molecule has 1 N–H and O–H groups in total. The zero-order valence-corrected chi connectivity index (χ0v) is 11.3. The van der Waals surface area contributed by atoms with E-state index in [1.807, 2.05) is 30.3 Å². The van der Waals surface area contributed by atoms with Gasteiger partial charge in [-0.1, -0.05) is 36.4 Å². The summed E-state index contributed by atoms with van der Waals surface area (Å²) in [7, 11) is 0. The van der Waals surface area contributed by atoms with Gasteiger partial charge >= 0.3 is 0 Å². The molecule has 0 aliphatic heterocycles. The van der Waals surface area contributed by atoms with Gasteiger partial charge in [0.25, 0.3) is 0 Å². The van der Waals surface area contributed by atoms with E-state index in [1.165, 1.54) is 11.0 Å². The Labute approximate surface area is 119 Å². The molecule has 0 spiro atoms. The van der Waals surface area contributed by atoms with Gasteiger partial charge in [0.15, 0.2) is 5.82 Å². The number of fused-ring (bicyclic) bond motifs is 1. The number of H-pyrrole nitrogens is 1. The lowest BCUT2D eigenvalue weighted by atomic mass is 10.1. The third kappa shape index (κ3) is 1.88. The summed E-state index contributed by atoms with van der Waals surface area (Å²) in [6.45, 7) is 0. The van der Waals surface area contributed by atoms with E-state index in [0.29, 0.717) is 0 Å². The van der Waals surface area contributed by atoms with Crippen molar-refractivity contribution in [2.75, 3.05) is 0 Å². The van der Waals surface area contributed by atoms with Crippen molar-refractivity contribution in [3.8, 4) is 22.0 Å². The minimum atomic E-state index is 0.779. The number of rotatable bonds is 2. The van der Waals surface area contributed by atoms with E-state index in [0.717, 1.165) is 27.5 Å². The number of aromatic amines is 1. The molecule has 0 aliphatic rings. The predicted octanol–water partition coefficient (Wildman–Crippen LogP) is 3.75. The van der Waals surface area contributed by atoms with E-state index in [2.05, 4.69) is 38.4 Å². The van der Waals surface area contributed by atoms with Crippen LogP contribution in [0.25, 0.3) is 32.2 Å². The van der Waals surface area contributed by atoms with Crippen LogP contribution >= 0.6 is 11.3 Å². The molecule has 0 bridgehead atoms. The summed E-state index contributed by atoms with van der Waals surface area (Å²) in [6, 6.07) is 16.4. The number of hydrogen-bond donors (Lipinski definition) is 1. The van der Waals surface area contributed by atoms with Crippen molar-refractivity contribution in [2.45, 2.75) is 0 Å². The fraction of sp³-hybridized carbons (Fsp3) is 0. The van der Waals surface area contributed by atoms with Crippen LogP contribution in [0.5, 0.6) is 0 Å². The number of benzene rings is 2. The van der Waals surface area contributed by atoms with Gasteiger partial charge in [-0.3, -0.25) is 5.10 Å². The molecule has 5 heteroatoms. The highest BCUT2D eigenvalue weighted by Gasteiger charge is 2.06. The molecule has 4 rings (SSSR count). The first-order valence-electron chi connectivity index (χ1n) is 6.22. The zero-order valence-electron chi connectivity index (χ0n) is 10.4. The van der Waals surface area contributed by atoms with Crippen LogP contribution in [0.3, 0.4) is 0 Å². The Balaban J connectivity index is 1.75. The third-order valence-electron chi connectivity index (χ3n) is 3.11. The lowest BCUT2D eigenvalue weighted by Crippen LogP contribution is -1.81. The number of nitrogens with one attached hydrogen (secondary N) is 1. The third-order valence-corrected chi connectivity index (χ3v) is 4.20. The topological polar surface area (TPSA) is 54.5 Å². The fourth-order valence-electron chi connectivity index (χ4n) is 2.11. The largest absolute Gasteiger partial charge is 0.259 e. The first-order chi connectivity index (χ1) is 9.90. The van der Waals surface area contributed by atoms with Crippen molar-refractivity contribution >= 4 is 21.6 Å². The molecule has 4 nitrogen and oxygen atoms in total. The standard InChI is InChI=1S/C15H10N4S/c1-2-4-13-12(3-1)18-15(20-13)11-7-5-10(6-8-11)14-16-9-17-19-14/h1-9H,(H,16,17,19). The Hall–Kier alpha value is -2.53. The van der Waals surface area contributed by atoms with E-state index in [9.17, 15) is 0 Å². The second-order valence-corrected chi connectivity index (χ2v) is 5.43. The van der Waals surface area contributed by atoms with Crippen molar-refractivity contribution in [1.82, 2.24) is 20.2 Å². The van der Waals surface area contributed by atoms with E-state index < -0.39 is 0 Å². The molecule has 2 aromatic heterocycles. The van der Waals surface area contributed by atoms with Gasteiger partial charge in [0, 0.05) is 11.1 Å². The van der Waals surface area contributed by atoms with Crippen LogP contribution in [0.15, 0.2) is 54.9 Å². The van der Waals surface area contributed by atoms with Crippen molar-refractivity contribution in [3.63, 3.8) is 0 Å². The average molecular weight is 278 g/mol. The summed E-state index contributed by atoms with van der Waals surface area (Å²) in [5.74, 6) is 0.779. The monoisotopic (exact) mass is 278 g/mol. The van der Waals surface area contributed by atoms with Gasteiger partial charge in [-0.15, -0.1) is 11.3 Å². The highest BCUT2D eigenvalue weighted by molar-refractivity contribution is 7.21. The number of nitrogens with zero attached hydrogens (tertiary/aromatic N) is 3. The second-order valence-electron chi connectivity index (χ2n) is 4.40. The van der Waals surface area contributed by atoms with Crippen LogP contribution < -0.4 is 0 Å². The van der Waals surface area contributed by atoms with Crippen LogP contribution in [0.4, 0.5) is 0 Å². The predicted molar refractivity (Wildman–Crippen MR) is 80.4 cm³/mol. The summed E-state index contributed by atoms with van der Waals surface area (Å²) in [5, 5.41) is 7.76. The summed E-state index contributed by atoms with van der Waals surface area (Å²) in [5.41, 5.74) is 3.19. The number of hydrogen-bond acceptors (Lipinski definition) is 4. The maximum absolute atomic E-state index is 4.66. The lowest BCUT2D eigenvalue weighted by molar-refractivity contribution is 1.10. The maximum Gasteiger partial charge on any atom is 0.155 e. The lowest BCUT2D eigenvalue weighted by Gasteiger charge is -1.98. The fourth-order valence-corrected chi connectivity index (χ4v) is 3.08. The Kier molecular flexibility index (Phi) is 2.57. The Morgan fingerprint density at radius 1 is 0.900 bits per heavy atom. The van der Waals surface area contributed by atoms with Gasteiger partial charge in [-0.25, -0.2) is 9.97 Å². The number of aromatic nitrogens is 4. The molecule has 0 atom stereocenters. The molecule has 0 fully saturated rings. The number of thiazole rings is 1. The first kappa shape index (κ1) is 11.3. The molecule has 0 aliphatic carbocycles. The van der Waals surface area contributed by atoms with Crippen molar-refractivity contribution in [3.05, 3.63) is 54.9 Å². The molecule has 4 aromatic rings. The van der Waals surface area contributed by atoms with E-state index in [4.69, 9.17) is 0 Å². The summed E-state index contributed by atoms with van der Waals surface area (Å²) in [4.78, 5) is 8.80. The minimum absolute atomic E-state index is 0.779. The molecule has 2 aromatic carbocycles. The molecule has 2 heterocycles. The van der Waals surface area contributed by atoms with Crippen LogP contribution in [0.2, 0.25) is 0 Å². The van der Waals surface area contributed by atoms with Gasteiger partial charge in [0.05, 0.1) is 10.2 Å². The molecule has 0 saturated heterocycles. The van der Waals surface area contributed by atoms with Gasteiger partial charge in [-0.05, 0) is 12.1 Å². The highest BCUT2D eigenvalue weighted by atomic mass is 32.1. The Bertz CT molecular complexity index is 814. The molecule has 96 valence electrons. The van der Waals surface area contributed by atoms with Crippen LogP contribution in [0.1, 0.15) is 0 Å². The summed E-state index contributed by atoms with van der Waals surface area (Å²) in [6.07, 6.45) is 1.51. The molecule has 20 heavy (non-hydrogen) atoms. The quantitative estimate of drug-likeness (QED) is 0.607. The van der Waals surface area contributed by atoms with Gasteiger partial charge in [-0.2, -0.15) is 5.10 Å². The SMILES string of the molecule is c1ccc2sc(-c3ccc(-c4ncn[nH]4)cc3)nc2c1. The average Bonchev–Trinajstić information content (AvgIpc) is 3.17. The van der Waals surface area contributed by atoms with Crippen LogP contribution in [0, 0.1) is 0 Å². The summed E-state index contributed by atoms with van der Waals surface area (Å²) < 4.78 is 1.21. The van der Waals surface area contributed by atoms with Crippen LogP contribution in [-0.4, -0.2) is 20.2 Å². The Morgan fingerprint density at radius 3 is 2.45 bits per heavy atom. The van der Waals surface area contributed by atoms with E-state index >= 15 is 0 Å². The molecule has 0 unspecified atom stereocenters. The van der Waals surface area contributed by atoms with Gasteiger partial charge in [0.1, 0.15) is 11.3 Å². The zero-order chi connectivity index (χ0) is 13.4. The molecule has 0 saturated carbocycles. The molecule has 0 amide bonds. The second kappa shape index (κ2) is 4.54. The van der Waals surface area contributed by atoms with Crippen molar-refractivity contribution in [1.29, 1.82) is 0 Å². The van der Waals surface area contributed by atoms with Crippen molar-refractivity contribution < 1.29 is 0 Å². The van der Waals surface area contributed by atoms with E-state index in [-0.39, 0.29) is 0 Å². The summed E-state index contributed by atoms with van der Waals surface area (Å²) >= 11 is 1.71. The highest BCUT2D eigenvalue weighted by Crippen LogP contribution is 2.30. The first-order valence-corrected chi connectivity index (χ1v) is 7.03. The maximum atomic E-state index is 4.66. The van der Waals surface area contributed by atoms with Gasteiger partial charge < -0.3 is 0 Å². The molecule has 0 radical (unpaired) electrons. The Morgan fingerprint density at radius 2 is 1.70 bits per heavy atom. The normalized spacial score (nSPS) is 11.0. The van der Waals surface area contributed by atoms with Crippen molar-refractivity contribution in [2.24, 2.45) is 0 Å². The molecular formula is C15H10N4S.